The summed E-state index contributed by atoms with van der Waals surface area (Å²) in [6.45, 7) is 11.0. The molecule has 1 rings (SSSR count). The first-order valence-electron chi connectivity index (χ1n) is 12.5. The minimum Gasteiger partial charge on any atom is -0.356 e. The number of carbonyl (C=O) groups is 2. The molecule has 0 unspecified atom stereocenters. The van der Waals surface area contributed by atoms with Gasteiger partial charge in [0.1, 0.15) is 0 Å². The lowest BCUT2D eigenvalue weighted by atomic mass is 9.87. The summed E-state index contributed by atoms with van der Waals surface area (Å²) in [5, 5.41) is 18.2. The minimum absolute atomic E-state index is 0.0646. The zero-order valence-corrected chi connectivity index (χ0v) is 21.0. The van der Waals surface area contributed by atoms with Crippen LogP contribution in [0.3, 0.4) is 0 Å². The molecule has 2 amide bonds. The summed E-state index contributed by atoms with van der Waals surface area (Å²) in [7, 11) is 0. The Morgan fingerprint density at radius 3 is 1.97 bits per heavy atom. The molecule has 7 nitrogen and oxygen atoms in total. The van der Waals surface area contributed by atoms with Gasteiger partial charge in [-0.3, -0.25) is 14.8 Å². The molecule has 0 spiro atoms. The van der Waals surface area contributed by atoms with E-state index in [1.54, 1.807) is 5.48 Å². The number of hydrogen-bond donors (Lipinski definition) is 5. The van der Waals surface area contributed by atoms with Crippen LogP contribution in [0.4, 0.5) is 0 Å². The molecule has 0 heterocycles. The SMILES string of the molecule is CC(C)(C)c1ccc(CNCCCCCCNCCC(=O)NCCCCCC(=O)NO)cc1. The van der Waals surface area contributed by atoms with Gasteiger partial charge in [0.15, 0.2) is 0 Å². The maximum Gasteiger partial charge on any atom is 0.243 e. The molecular weight excluding hydrogens is 416 g/mol. The van der Waals surface area contributed by atoms with E-state index in [1.165, 1.54) is 30.4 Å². The molecule has 7 heteroatoms. The van der Waals surface area contributed by atoms with E-state index < -0.39 is 0 Å². The molecular formula is C26H46N4O3. The van der Waals surface area contributed by atoms with E-state index in [1.807, 2.05) is 0 Å². The quantitative estimate of drug-likeness (QED) is 0.130. The number of unbranched alkanes of at least 4 members (excludes halogenated alkanes) is 5. The maximum atomic E-state index is 11.8. The second kappa shape index (κ2) is 17.5. The molecule has 188 valence electrons. The Labute approximate surface area is 200 Å². The summed E-state index contributed by atoms with van der Waals surface area (Å²) in [4.78, 5) is 22.6. The Balaban J connectivity index is 1.86. The van der Waals surface area contributed by atoms with Crippen LogP contribution >= 0.6 is 0 Å². The molecule has 0 aliphatic heterocycles. The zero-order chi connectivity index (χ0) is 24.4. The summed E-state index contributed by atoms with van der Waals surface area (Å²) in [5.41, 5.74) is 4.54. The van der Waals surface area contributed by atoms with Crippen LogP contribution in [-0.2, 0) is 21.5 Å². The molecule has 0 radical (unpaired) electrons. The third-order valence-corrected chi connectivity index (χ3v) is 5.66. The van der Waals surface area contributed by atoms with Crippen LogP contribution in [0.25, 0.3) is 0 Å². The third kappa shape index (κ3) is 15.5. The van der Waals surface area contributed by atoms with Crippen molar-refractivity contribution in [3.63, 3.8) is 0 Å². The fraction of sp³-hybridized carbons (Fsp3) is 0.692. The number of hydrogen-bond acceptors (Lipinski definition) is 5. The van der Waals surface area contributed by atoms with Gasteiger partial charge < -0.3 is 16.0 Å². The van der Waals surface area contributed by atoms with Gasteiger partial charge in [0, 0.05) is 32.5 Å². The summed E-state index contributed by atoms with van der Waals surface area (Å²) in [6, 6.07) is 8.92. The lowest BCUT2D eigenvalue weighted by Crippen LogP contribution is -2.28. The maximum absolute atomic E-state index is 11.8. The Bertz CT molecular complexity index is 656. The van der Waals surface area contributed by atoms with Gasteiger partial charge in [-0.25, -0.2) is 5.48 Å². The lowest BCUT2D eigenvalue weighted by molar-refractivity contribution is -0.129. The topological polar surface area (TPSA) is 102 Å². The standard InChI is InChI=1S/C26H46N4O3/c1-26(2,3)23-14-12-22(13-15-23)21-28-18-9-5-4-8-17-27-20-16-24(31)29-19-10-6-7-11-25(32)30-33/h12-15,27-28,33H,4-11,16-21H2,1-3H3,(H,29,31)(H,30,32). The molecule has 0 atom stereocenters. The fourth-order valence-corrected chi connectivity index (χ4v) is 3.50. The molecule has 1 aromatic rings. The van der Waals surface area contributed by atoms with E-state index in [4.69, 9.17) is 5.21 Å². The van der Waals surface area contributed by atoms with Crippen molar-refractivity contribution in [3.05, 3.63) is 35.4 Å². The first-order valence-corrected chi connectivity index (χ1v) is 12.5. The molecule has 0 aliphatic rings. The molecule has 33 heavy (non-hydrogen) atoms. The van der Waals surface area contributed by atoms with Crippen LogP contribution in [0, 0.1) is 0 Å². The summed E-state index contributed by atoms with van der Waals surface area (Å²) < 4.78 is 0. The first kappa shape index (κ1) is 29.1. The number of nitrogens with one attached hydrogen (secondary N) is 4. The van der Waals surface area contributed by atoms with Gasteiger partial charge in [-0.2, -0.15) is 0 Å². The summed E-state index contributed by atoms with van der Waals surface area (Å²) in [6.07, 6.45) is 7.97. The monoisotopic (exact) mass is 462 g/mol. The Morgan fingerprint density at radius 2 is 1.33 bits per heavy atom. The van der Waals surface area contributed by atoms with Crippen molar-refractivity contribution in [1.29, 1.82) is 0 Å². The van der Waals surface area contributed by atoms with Gasteiger partial charge in [0.25, 0.3) is 0 Å². The second-order valence-electron chi connectivity index (χ2n) is 9.73. The number of amides is 2. The highest BCUT2D eigenvalue weighted by Gasteiger charge is 2.12. The van der Waals surface area contributed by atoms with Crippen molar-refractivity contribution in [2.24, 2.45) is 0 Å². The molecule has 0 saturated heterocycles. The van der Waals surface area contributed by atoms with E-state index in [-0.39, 0.29) is 17.2 Å². The summed E-state index contributed by atoms with van der Waals surface area (Å²) >= 11 is 0. The molecule has 0 fully saturated rings. The van der Waals surface area contributed by atoms with Crippen LogP contribution < -0.4 is 21.4 Å². The van der Waals surface area contributed by atoms with E-state index in [0.29, 0.717) is 32.4 Å². The molecule has 0 aliphatic carbocycles. The van der Waals surface area contributed by atoms with Crippen LogP contribution in [0.1, 0.15) is 89.7 Å². The van der Waals surface area contributed by atoms with Crippen molar-refractivity contribution >= 4 is 11.8 Å². The van der Waals surface area contributed by atoms with Crippen molar-refractivity contribution in [2.45, 2.75) is 90.5 Å². The fourth-order valence-electron chi connectivity index (χ4n) is 3.50. The highest BCUT2D eigenvalue weighted by atomic mass is 16.5. The number of rotatable bonds is 18. The van der Waals surface area contributed by atoms with Crippen molar-refractivity contribution < 1.29 is 14.8 Å². The molecule has 5 N–H and O–H groups in total. The molecule has 0 aromatic heterocycles. The van der Waals surface area contributed by atoms with Crippen LogP contribution in [0.15, 0.2) is 24.3 Å². The van der Waals surface area contributed by atoms with Crippen molar-refractivity contribution in [1.82, 2.24) is 21.4 Å². The van der Waals surface area contributed by atoms with Gasteiger partial charge in [-0.15, -0.1) is 0 Å². The Hall–Kier alpha value is -1.96. The van der Waals surface area contributed by atoms with E-state index in [2.05, 4.69) is 61.0 Å². The number of benzene rings is 1. The van der Waals surface area contributed by atoms with Crippen LogP contribution in [0.2, 0.25) is 0 Å². The van der Waals surface area contributed by atoms with Gasteiger partial charge in [-0.05, 0) is 55.3 Å². The average Bonchev–Trinajstić information content (AvgIpc) is 2.79. The normalized spacial score (nSPS) is 11.4. The minimum atomic E-state index is -0.362. The highest BCUT2D eigenvalue weighted by molar-refractivity contribution is 5.76. The smallest absolute Gasteiger partial charge is 0.243 e. The highest BCUT2D eigenvalue weighted by Crippen LogP contribution is 2.22. The number of hydroxylamine groups is 1. The Morgan fingerprint density at radius 1 is 0.727 bits per heavy atom. The summed E-state index contributed by atoms with van der Waals surface area (Å²) in [5.74, 6) is -0.297. The molecule has 0 saturated carbocycles. The predicted octanol–water partition coefficient (Wildman–Crippen LogP) is 3.80. The van der Waals surface area contributed by atoms with Crippen LogP contribution in [0.5, 0.6) is 0 Å². The largest absolute Gasteiger partial charge is 0.356 e. The first-order chi connectivity index (χ1) is 15.8. The zero-order valence-electron chi connectivity index (χ0n) is 21.0. The second-order valence-corrected chi connectivity index (χ2v) is 9.73. The van der Waals surface area contributed by atoms with Crippen LogP contribution in [-0.4, -0.2) is 43.2 Å². The molecule has 1 aromatic carbocycles. The van der Waals surface area contributed by atoms with Gasteiger partial charge in [0.2, 0.25) is 11.8 Å². The van der Waals surface area contributed by atoms with Crippen molar-refractivity contribution in [2.75, 3.05) is 26.2 Å². The average molecular weight is 463 g/mol. The number of carbonyl (C=O) groups excluding carboxylic acids is 2. The van der Waals surface area contributed by atoms with Gasteiger partial charge in [-0.1, -0.05) is 64.3 Å². The van der Waals surface area contributed by atoms with E-state index in [0.717, 1.165) is 38.9 Å². The molecule has 0 bridgehead atoms. The Kier molecular flexibility index (Phi) is 15.4. The van der Waals surface area contributed by atoms with E-state index in [9.17, 15) is 9.59 Å². The third-order valence-electron chi connectivity index (χ3n) is 5.66. The lowest BCUT2D eigenvalue weighted by Gasteiger charge is -2.19. The van der Waals surface area contributed by atoms with E-state index >= 15 is 0 Å². The van der Waals surface area contributed by atoms with Crippen molar-refractivity contribution in [3.8, 4) is 0 Å². The van der Waals surface area contributed by atoms with Gasteiger partial charge in [0.05, 0.1) is 0 Å². The predicted molar refractivity (Wildman–Crippen MR) is 134 cm³/mol. The van der Waals surface area contributed by atoms with Gasteiger partial charge >= 0.3 is 0 Å².